The molecule has 0 aliphatic carbocycles. The van der Waals surface area contributed by atoms with Gasteiger partial charge >= 0.3 is 0 Å². The molecule has 0 aliphatic heterocycles. The number of nitrogens with zero attached hydrogens (tertiary/aromatic N) is 2. The van der Waals surface area contributed by atoms with Gasteiger partial charge in [-0.2, -0.15) is 0 Å². The van der Waals surface area contributed by atoms with E-state index >= 15 is 0 Å². The summed E-state index contributed by atoms with van der Waals surface area (Å²) in [6.07, 6.45) is 4.13. The van der Waals surface area contributed by atoms with Crippen LogP contribution in [0.25, 0.3) is 10.2 Å². The Balaban J connectivity index is 2.02. The molecule has 92 valence electrons. The first-order valence-corrected chi connectivity index (χ1v) is 6.61. The summed E-state index contributed by atoms with van der Waals surface area (Å²) < 4.78 is 2.74. The lowest BCUT2D eigenvalue weighted by Crippen LogP contribution is -2.12. The molecule has 0 fully saturated rings. The third-order valence-electron chi connectivity index (χ3n) is 3.04. The van der Waals surface area contributed by atoms with Crippen molar-refractivity contribution in [3.63, 3.8) is 0 Å². The van der Waals surface area contributed by atoms with Crippen LogP contribution in [-0.2, 0) is 6.54 Å². The van der Waals surface area contributed by atoms with Crippen molar-refractivity contribution < 1.29 is 0 Å². The van der Waals surface area contributed by atoms with Crippen molar-refractivity contribution in [1.29, 1.82) is 0 Å². The van der Waals surface area contributed by atoms with E-state index in [1.54, 1.807) is 0 Å². The lowest BCUT2D eigenvalue weighted by molar-refractivity contribution is 0.749. The van der Waals surface area contributed by atoms with Crippen LogP contribution >= 0.6 is 11.3 Å². The van der Waals surface area contributed by atoms with Crippen LogP contribution in [0.1, 0.15) is 17.0 Å². The molecule has 0 radical (unpaired) electrons. The Hall–Kier alpha value is -1.88. The van der Waals surface area contributed by atoms with Gasteiger partial charge in [-0.05, 0) is 36.4 Å². The smallest absolute Gasteiger partial charge is 0.268 e. The molecule has 3 heterocycles. The molecule has 0 atom stereocenters. The summed E-state index contributed by atoms with van der Waals surface area (Å²) in [6.45, 7) is 4.74. The largest absolute Gasteiger partial charge is 0.346 e. The summed E-state index contributed by atoms with van der Waals surface area (Å²) in [7, 11) is 0. The molecule has 0 saturated carbocycles. The quantitative estimate of drug-likeness (QED) is 0.768. The van der Waals surface area contributed by atoms with Crippen molar-refractivity contribution in [2.24, 2.45) is 0 Å². The first kappa shape index (κ1) is 11.2. The minimum Gasteiger partial charge on any atom is -0.346 e. The number of aryl methyl sites for hydroxylation is 2. The second-order valence-electron chi connectivity index (χ2n) is 4.44. The predicted molar refractivity (Wildman–Crippen MR) is 73.2 cm³/mol. The van der Waals surface area contributed by atoms with Crippen LogP contribution < -0.4 is 5.56 Å². The summed E-state index contributed by atoms with van der Waals surface area (Å²) in [5.74, 6) is 0.695. The Bertz CT molecular complexity index is 746. The van der Waals surface area contributed by atoms with Gasteiger partial charge in [0.25, 0.3) is 5.56 Å². The number of rotatable bonds is 2. The van der Waals surface area contributed by atoms with E-state index in [0.29, 0.717) is 17.1 Å². The number of aromatic nitrogens is 3. The lowest BCUT2D eigenvalue weighted by atomic mass is 10.2. The van der Waals surface area contributed by atoms with Crippen LogP contribution in [-0.4, -0.2) is 14.5 Å². The van der Waals surface area contributed by atoms with E-state index in [0.717, 1.165) is 5.52 Å². The molecule has 1 N–H and O–H groups in total. The third-order valence-corrected chi connectivity index (χ3v) is 3.94. The highest BCUT2D eigenvalue weighted by atomic mass is 32.1. The summed E-state index contributed by atoms with van der Waals surface area (Å²) in [5.41, 5.74) is 3.22. The third kappa shape index (κ3) is 1.86. The van der Waals surface area contributed by atoms with E-state index in [4.69, 9.17) is 0 Å². The molecule has 0 aromatic carbocycles. The molecule has 0 bridgehead atoms. The van der Waals surface area contributed by atoms with Crippen LogP contribution in [0.3, 0.4) is 0 Å². The number of fused-ring (bicyclic) bond motifs is 1. The average Bonchev–Trinajstić information content (AvgIpc) is 2.87. The van der Waals surface area contributed by atoms with Crippen molar-refractivity contribution in [3.8, 4) is 0 Å². The van der Waals surface area contributed by atoms with E-state index < -0.39 is 0 Å². The standard InChI is InChI=1S/C13H13N3OS/c1-8-5-16(6-9(8)2)7-11-14-10-3-4-18-12(10)13(17)15-11/h3-6H,7H2,1-2H3,(H,14,15,17). The molecule has 0 aliphatic rings. The van der Waals surface area contributed by atoms with Gasteiger partial charge in [0.2, 0.25) is 0 Å². The minimum absolute atomic E-state index is 0.0504. The van der Waals surface area contributed by atoms with Crippen molar-refractivity contribution in [2.45, 2.75) is 20.4 Å². The van der Waals surface area contributed by atoms with E-state index in [1.165, 1.54) is 22.5 Å². The van der Waals surface area contributed by atoms with Gasteiger partial charge in [-0.3, -0.25) is 4.79 Å². The molecule has 3 aromatic heterocycles. The first-order chi connectivity index (χ1) is 8.63. The summed E-state index contributed by atoms with van der Waals surface area (Å²) in [5, 5.41) is 1.89. The zero-order valence-electron chi connectivity index (χ0n) is 10.2. The molecular formula is C13H13N3OS. The number of hydrogen-bond donors (Lipinski definition) is 1. The first-order valence-electron chi connectivity index (χ1n) is 5.73. The van der Waals surface area contributed by atoms with E-state index in [2.05, 4.69) is 36.2 Å². The highest BCUT2D eigenvalue weighted by molar-refractivity contribution is 7.17. The molecule has 0 saturated heterocycles. The van der Waals surface area contributed by atoms with Gasteiger partial charge in [-0.15, -0.1) is 11.3 Å². The van der Waals surface area contributed by atoms with E-state index in [9.17, 15) is 4.79 Å². The SMILES string of the molecule is Cc1cn(Cc2nc3ccsc3c(=O)[nH]2)cc1C. The molecule has 0 amide bonds. The molecule has 3 rings (SSSR count). The van der Waals surface area contributed by atoms with Gasteiger partial charge in [0.05, 0.1) is 12.1 Å². The topological polar surface area (TPSA) is 50.7 Å². The van der Waals surface area contributed by atoms with Gasteiger partial charge in [0, 0.05) is 12.4 Å². The Morgan fingerprint density at radius 2 is 2.06 bits per heavy atom. The summed E-state index contributed by atoms with van der Waals surface area (Å²) in [4.78, 5) is 19.1. The van der Waals surface area contributed by atoms with E-state index in [1.807, 2.05) is 16.0 Å². The molecule has 18 heavy (non-hydrogen) atoms. The number of aromatic amines is 1. The van der Waals surface area contributed by atoms with Crippen LogP contribution in [0.5, 0.6) is 0 Å². The summed E-state index contributed by atoms with van der Waals surface area (Å²) in [6, 6.07) is 1.88. The maximum absolute atomic E-state index is 11.8. The Kier molecular flexibility index (Phi) is 2.56. The average molecular weight is 259 g/mol. The van der Waals surface area contributed by atoms with Crippen molar-refractivity contribution in [1.82, 2.24) is 14.5 Å². The van der Waals surface area contributed by atoms with E-state index in [-0.39, 0.29) is 5.56 Å². The minimum atomic E-state index is -0.0504. The normalized spacial score (nSPS) is 11.2. The molecule has 4 nitrogen and oxygen atoms in total. The molecule has 0 spiro atoms. The number of hydrogen-bond acceptors (Lipinski definition) is 3. The monoisotopic (exact) mass is 259 g/mol. The second-order valence-corrected chi connectivity index (χ2v) is 5.36. The van der Waals surface area contributed by atoms with Crippen LogP contribution in [0.2, 0.25) is 0 Å². The lowest BCUT2D eigenvalue weighted by Gasteiger charge is -2.02. The van der Waals surface area contributed by atoms with Crippen LogP contribution in [0.15, 0.2) is 28.6 Å². The fraction of sp³-hybridized carbons (Fsp3) is 0.231. The summed E-state index contributed by atoms with van der Waals surface area (Å²) >= 11 is 1.42. The molecular weight excluding hydrogens is 246 g/mol. The Morgan fingerprint density at radius 1 is 1.33 bits per heavy atom. The van der Waals surface area contributed by atoms with Crippen molar-refractivity contribution in [3.05, 3.63) is 51.1 Å². The van der Waals surface area contributed by atoms with Crippen molar-refractivity contribution in [2.75, 3.05) is 0 Å². The fourth-order valence-corrected chi connectivity index (χ4v) is 2.72. The predicted octanol–water partition coefficient (Wildman–Crippen LogP) is 2.45. The number of thiophene rings is 1. The maximum atomic E-state index is 11.8. The molecule has 5 heteroatoms. The second kappa shape index (κ2) is 4.10. The van der Waals surface area contributed by atoms with Gasteiger partial charge in [-0.1, -0.05) is 0 Å². The zero-order chi connectivity index (χ0) is 12.7. The van der Waals surface area contributed by atoms with Crippen LogP contribution in [0.4, 0.5) is 0 Å². The number of nitrogens with one attached hydrogen (secondary N) is 1. The van der Waals surface area contributed by atoms with Gasteiger partial charge in [0.15, 0.2) is 0 Å². The Labute approximate surface area is 108 Å². The zero-order valence-corrected chi connectivity index (χ0v) is 11.0. The molecule has 3 aromatic rings. The highest BCUT2D eigenvalue weighted by Crippen LogP contribution is 2.14. The molecule has 0 unspecified atom stereocenters. The van der Waals surface area contributed by atoms with Gasteiger partial charge in [-0.25, -0.2) is 4.98 Å². The number of H-pyrrole nitrogens is 1. The van der Waals surface area contributed by atoms with Crippen LogP contribution in [0, 0.1) is 13.8 Å². The Morgan fingerprint density at radius 3 is 2.78 bits per heavy atom. The van der Waals surface area contributed by atoms with Crippen molar-refractivity contribution >= 4 is 21.6 Å². The fourth-order valence-electron chi connectivity index (χ4n) is 2.00. The maximum Gasteiger partial charge on any atom is 0.268 e. The van der Waals surface area contributed by atoms with Gasteiger partial charge < -0.3 is 9.55 Å². The highest BCUT2D eigenvalue weighted by Gasteiger charge is 2.06. The van der Waals surface area contributed by atoms with Gasteiger partial charge in [0.1, 0.15) is 10.5 Å².